The van der Waals surface area contributed by atoms with Gasteiger partial charge < -0.3 is 13.9 Å². The zero-order valence-corrected chi connectivity index (χ0v) is 27.5. The number of rotatable bonds is 3. The molecule has 2 aromatic heterocycles. The van der Waals surface area contributed by atoms with Crippen molar-refractivity contribution in [2.24, 2.45) is 7.05 Å². The van der Waals surface area contributed by atoms with Crippen LogP contribution in [-0.4, -0.2) is 4.57 Å². The van der Waals surface area contributed by atoms with E-state index in [0.717, 1.165) is 39.0 Å². The van der Waals surface area contributed by atoms with Gasteiger partial charge in [-0.05, 0) is 88.0 Å². The molecule has 0 amide bonds. The van der Waals surface area contributed by atoms with Crippen molar-refractivity contribution in [1.29, 1.82) is 0 Å². The van der Waals surface area contributed by atoms with E-state index in [2.05, 4.69) is 165 Å². The molecular weight excluding hydrogens is 585 g/mol. The molecule has 0 radical (unpaired) electrons. The van der Waals surface area contributed by atoms with Crippen molar-refractivity contribution in [2.75, 3.05) is 4.90 Å². The van der Waals surface area contributed by atoms with E-state index in [1.54, 1.807) is 0 Å². The minimum atomic E-state index is -0.169. The van der Waals surface area contributed by atoms with Gasteiger partial charge in [-0.3, -0.25) is 0 Å². The van der Waals surface area contributed by atoms with E-state index < -0.39 is 0 Å². The van der Waals surface area contributed by atoms with Gasteiger partial charge in [0.05, 0.1) is 16.9 Å². The standard InChI is InChI=1S/C45H34N2O/c1-27-25-36-42(31-15-6-5-13-29(27)31)33-24-23-28(26-35(33)45(36,2)3)47(40-21-11-17-32-30-14-8-10-22-41(30)48-44(32)40)39-20-12-19-38-43(39)34-16-7-9-18-37(34)46(38)4/h5-26H,1-4H3. The molecule has 10 rings (SSSR count). The van der Waals surface area contributed by atoms with Gasteiger partial charge in [0.15, 0.2) is 5.58 Å². The third-order valence-corrected chi connectivity index (χ3v) is 10.9. The molecule has 0 aliphatic heterocycles. The number of hydrogen-bond acceptors (Lipinski definition) is 2. The number of benzene rings is 7. The largest absolute Gasteiger partial charge is 0.454 e. The fraction of sp³-hybridized carbons (Fsp3) is 0.111. The number of aryl methyl sites for hydroxylation is 2. The lowest BCUT2D eigenvalue weighted by molar-refractivity contribution is 0.660. The normalized spacial score (nSPS) is 13.6. The summed E-state index contributed by atoms with van der Waals surface area (Å²) < 4.78 is 9.02. The number of furan rings is 1. The molecular formula is C45H34N2O. The van der Waals surface area contributed by atoms with Crippen LogP contribution < -0.4 is 4.90 Å². The molecule has 3 nitrogen and oxygen atoms in total. The predicted octanol–water partition coefficient (Wildman–Crippen LogP) is 12.5. The minimum Gasteiger partial charge on any atom is -0.454 e. The van der Waals surface area contributed by atoms with E-state index in [1.165, 1.54) is 60.4 Å². The van der Waals surface area contributed by atoms with E-state index in [4.69, 9.17) is 4.42 Å². The Morgan fingerprint density at radius 1 is 0.583 bits per heavy atom. The van der Waals surface area contributed by atoms with E-state index >= 15 is 0 Å². The van der Waals surface area contributed by atoms with Crippen LogP contribution in [0.25, 0.3) is 65.6 Å². The van der Waals surface area contributed by atoms with E-state index in [1.807, 2.05) is 6.07 Å². The number of hydrogen-bond donors (Lipinski definition) is 0. The third-order valence-electron chi connectivity index (χ3n) is 10.9. The van der Waals surface area contributed by atoms with Crippen LogP contribution in [0, 0.1) is 6.92 Å². The molecule has 0 atom stereocenters. The van der Waals surface area contributed by atoms with Crippen LogP contribution in [0.3, 0.4) is 0 Å². The first-order chi connectivity index (χ1) is 23.4. The molecule has 0 N–H and O–H groups in total. The molecule has 230 valence electrons. The Kier molecular flexibility index (Phi) is 5.48. The van der Waals surface area contributed by atoms with Crippen molar-refractivity contribution in [3.63, 3.8) is 0 Å². The number of anilines is 3. The monoisotopic (exact) mass is 618 g/mol. The van der Waals surface area contributed by atoms with Crippen molar-refractivity contribution in [1.82, 2.24) is 4.57 Å². The molecule has 9 aromatic rings. The predicted molar refractivity (Wildman–Crippen MR) is 202 cm³/mol. The SMILES string of the molecule is Cc1cc2c(c3ccccc13)-c1ccc(N(c3cccc4c3oc3ccccc34)c3cccc4c3c3ccccc3n4C)cc1C2(C)C. The van der Waals surface area contributed by atoms with Gasteiger partial charge in [-0.2, -0.15) is 0 Å². The smallest absolute Gasteiger partial charge is 0.159 e. The zero-order valence-electron chi connectivity index (χ0n) is 27.5. The number of aromatic nitrogens is 1. The van der Waals surface area contributed by atoms with Crippen LogP contribution in [0.1, 0.15) is 30.5 Å². The van der Waals surface area contributed by atoms with Crippen LogP contribution in [0.4, 0.5) is 17.1 Å². The first-order valence-corrected chi connectivity index (χ1v) is 16.8. The Balaban J connectivity index is 1.30. The molecule has 48 heavy (non-hydrogen) atoms. The number of para-hydroxylation sites is 3. The van der Waals surface area contributed by atoms with E-state index in [9.17, 15) is 0 Å². The molecule has 0 spiro atoms. The van der Waals surface area contributed by atoms with Crippen molar-refractivity contribution >= 4 is 71.6 Å². The number of nitrogens with zero attached hydrogens (tertiary/aromatic N) is 2. The summed E-state index contributed by atoms with van der Waals surface area (Å²) in [5.41, 5.74) is 14.1. The Morgan fingerprint density at radius 3 is 2.10 bits per heavy atom. The molecule has 3 heteroatoms. The van der Waals surface area contributed by atoms with Gasteiger partial charge in [-0.1, -0.05) is 105 Å². The maximum atomic E-state index is 6.71. The quantitative estimate of drug-likeness (QED) is 0.196. The second-order valence-electron chi connectivity index (χ2n) is 13.9. The summed E-state index contributed by atoms with van der Waals surface area (Å²) in [4.78, 5) is 2.43. The molecule has 1 aliphatic carbocycles. The topological polar surface area (TPSA) is 21.3 Å². The van der Waals surface area contributed by atoms with Crippen LogP contribution in [0.2, 0.25) is 0 Å². The summed E-state index contributed by atoms with van der Waals surface area (Å²) in [6, 6.07) is 48.7. The fourth-order valence-electron chi connectivity index (χ4n) is 8.58. The van der Waals surface area contributed by atoms with Crippen LogP contribution in [-0.2, 0) is 12.5 Å². The highest BCUT2D eigenvalue weighted by Gasteiger charge is 2.38. The van der Waals surface area contributed by atoms with Gasteiger partial charge in [0.2, 0.25) is 0 Å². The Morgan fingerprint density at radius 2 is 1.25 bits per heavy atom. The molecule has 1 aliphatic rings. The van der Waals surface area contributed by atoms with Gasteiger partial charge in [0, 0.05) is 45.2 Å². The third kappa shape index (κ3) is 3.53. The molecule has 0 saturated carbocycles. The van der Waals surface area contributed by atoms with Crippen molar-refractivity contribution in [3.05, 3.63) is 150 Å². The Bertz CT molecular complexity index is 2790. The van der Waals surface area contributed by atoms with Crippen LogP contribution in [0.15, 0.2) is 138 Å². The van der Waals surface area contributed by atoms with Gasteiger partial charge in [-0.25, -0.2) is 0 Å². The second kappa shape index (κ2) is 9.62. The molecule has 0 fully saturated rings. The lowest BCUT2D eigenvalue weighted by Gasteiger charge is -2.29. The molecule has 7 aromatic carbocycles. The van der Waals surface area contributed by atoms with E-state index in [0.29, 0.717) is 0 Å². The summed E-state index contributed by atoms with van der Waals surface area (Å²) in [6.07, 6.45) is 0. The Labute approximate surface area is 279 Å². The lowest BCUT2D eigenvalue weighted by atomic mass is 9.81. The summed E-state index contributed by atoms with van der Waals surface area (Å²) in [6.45, 7) is 7.00. The zero-order chi connectivity index (χ0) is 32.3. The summed E-state index contributed by atoms with van der Waals surface area (Å²) >= 11 is 0. The molecule has 0 unspecified atom stereocenters. The average molecular weight is 619 g/mol. The fourth-order valence-corrected chi connectivity index (χ4v) is 8.58. The summed E-state index contributed by atoms with van der Waals surface area (Å²) in [7, 11) is 2.17. The van der Waals surface area contributed by atoms with Crippen LogP contribution >= 0.6 is 0 Å². The van der Waals surface area contributed by atoms with Crippen molar-refractivity contribution in [2.45, 2.75) is 26.2 Å². The second-order valence-corrected chi connectivity index (χ2v) is 13.9. The molecule has 0 bridgehead atoms. The maximum Gasteiger partial charge on any atom is 0.159 e. The lowest BCUT2D eigenvalue weighted by Crippen LogP contribution is -2.17. The highest BCUT2D eigenvalue weighted by atomic mass is 16.3. The average Bonchev–Trinajstić information content (AvgIpc) is 3.72. The van der Waals surface area contributed by atoms with Crippen molar-refractivity contribution < 1.29 is 4.42 Å². The van der Waals surface area contributed by atoms with Crippen LogP contribution in [0.5, 0.6) is 0 Å². The first kappa shape index (κ1) is 27.3. The summed E-state index contributed by atoms with van der Waals surface area (Å²) in [5.74, 6) is 0. The van der Waals surface area contributed by atoms with Gasteiger partial charge in [0.25, 0.3) is 0 Å². The summed E-state index contributed by atoms with van der Waals surface area (Å²) in [5, 5.41) is 7.37. The first-order valence-electron chi connectivity index (χ1n) is 16.8. The van der Waals surface area contributed by atoms with Gasteiger partial charge in [0.1, 0.15) is 5.58 Å². The Hall–Kier alpha value is -5.80. The van der Waals surface area contributed by atoms with E-state index in [-0.39, 0.29) is 5.41 Å². The number of fused-ring (bicyclic) bond motifs is 11. The van der Waals surface area contributed by atoms with Gasteiger partial charge >= 0.3 is 0 Å². The van der Waals surface area contributed by atoms with Crippen molar-refractivity contribution in [3.8, 4) is 11.1 Å². The minimum absolute atomic E-state index is 0.169. The maximum absolute atomic E-state index is 6.71. The van der Waals surface area contributed by atoms with Gasteiger partial charge in [-0.15, -0.1) is 0 Å². The molecule has 0 saturated heterocycles. The highest BCUT2D eigenvalue weighted by Crippen LogP contribution is 2.54. The highest BCUT2D eigenvalue weighted by molar-refractivity contribution is 6.17. The molecule has 2 heterocycles.